The predicted octanol–water partition coefficient (Wildman–Crippen LogP) is 5.95. The second-order valence-electron chi connectivity index (χ2n) is 19.1. The van der Waals surface area contributed by atoms with Crippen molar-refractivity contribution >= 4 is 105 Å². The number of hydrogen-bond donors (Lipinski definition) is 7. The monoisotopic (exact) mass is 1110 g/mol. The van der Waals surface area contributed by atoms with Gasteiger partial charge in [0.25, 0.3) is 11.8 Å². The van der Waals surface area contributed by atoms with Gasteiger partial charge in [0.2, 0.25) is 29.5 Å². The number of urea groups is 1. The van der Waals surface area contributed by atoms with E-state index in [2.05, 4.69) is 21.3 Å². The number of nitrogens with two attached hydrogens (primary N) is 1. The first-order chi connectivity index (χ1) is 37.5. The zero-order valence-corrected chi connectivity index (χ0v) is 44.2. The van der Waals surface area contributed by atoms with Crippen molar-refractivity contribution in [3.63, 3.8) is 0 Å². The van der Waals surface area contributed by atoms with Gasteiger partial charge in [-0.1, -0.05) is 67.1 Å². The van der Waals surface area contributed by atoms with Gasteiger partial charge in [0.1, 0.15) is 24.1 Å². The number of amides is 9. The number of anilines is 3. The summed E-state index contributed by atoms with van der Waals surface area (Å²) in [4.78, 5) is 125. The molecule has 0 aliphatic carbocycles. The lowest BCUT2D eigenvalue weighted by molar-refractivity contribution is -0.137. The highest BCUT2D eigenvalue weighted by atomic mass is 35.5. The maximum atomic E-state index is 13.9. The fourth-order valence-corrected chi connectivity index (χ4v) is 10.7. The van der Waals surface area contributed by atoms with Crippen LogP contribution in [0.2, 0.25) is 0 Å². The summed E-state index contributed by atoms with van der Waals surface area (Å²) >= 11 is 6.41. The van der Waals surface area contributed by atoms with Crippen LogP contribution in [0.25, 0.3) is 21.5 Å². The van der Waals surface area contributed by atoms with Crippen LogP contribution in [0.1, 0.15) is 80.4 Å². The highest BCUT2D eigenvalue weighted by Crippen LogP contribution is 2.49. The number of ether oxygens (including phenoxy) is 1. The summed E-state index contributed by atoms with van der Waals surface area (Å²) in [6.45, 7) is 0.868. The minimum absolute atomic E-state index is 0.0324. The first-order valence-corrected chi connectivity index (χ1v) is 27.7. The van der Waals surface area contributed by atoms with Crippen LogP contribution in [0.5, 0.6) is 11.5 Å². The summed E-state index contributed by atoms with van der Waals surface area (Å²) < 4.78 is 23.4. The van der Waals surface area contributed by atoms with E-state index in [1.807, 2.05) is 30.3 Å². The minimum Gasteiger partial charge on any atom is -0.488 e. The van der Waals surface area contributed by atoms with E-state index in [0.717, 1.165) is 32.4 Å². The highest BCUT2D eigenvalue weighted by molar-refractivity contribution is 7.46. The molecule has 5 aromatic carbocycles. The predicted molar refractivity (Wildman–Crippen MR) is 292 cm³/mol. The maximum Gasteiger partial charge on any atom is 0.524 e. The fourth-order valence-electron chi connectivity index (χ4n) is 10.0. The molecule has 3 aliphatic heterocycles. The van der Waals surface area contributed by atoms with E-state index in [9.17, 15) is 52.7 Å². The first kappa shape index (κ1) is 56.4. The number of nitrogens with one attached hydrogen (secondary N) is 4. The van der Waals surface area contributed by atoms with E-state index >= 15 is 0 Å². The number of imide groups is 1. The number of unbranched alkanes of at least 4 members (excludes halogenated alkanes) is 2. The Morgan fingerprint density at radius 2 is 1.40 bits per heavy atom. The van der Waals surface area contributed by atoms with E-state index in [-0.39, 0.29) is 112 Å². The number of phosphoric ester groups is 1. The zero-order valence-electron chi connectivity index (χ0n) is 42.5. The largest absolute Gasteiger partial charge is 0.524 e. The lowest BCUT2D eigenvalue weighted by atomic mass is 9.95. The molecule has 8 N–H and O–H groups in total. The number of halogens is 1. The summed E-state index contributed by atoms with van der Waals surface area (Å²) in [5.74, 6) is -2.19. The molecule has 3 heterocycles. The molecule has 3 aliphatic rings. The number of fused-ring (bicyclic) bond motifs is 6. The van der Waals surface area contributed by atoms with Gasteiger partial charge in [-0.25, -0.2) is 9.36 Å². The van der Waals surface area contributed by atoms with Crippen LogP contribution in [0.3, 0.4) is 0 Å². The zero-order chi connectivity index (χ0) is 55.5. The van der Waals surface area contributed by atoms with Crippen LogP contribution < -0.4 is 46.1 Å². The van der Waals surface area contributed by atoms with Crippen molar-refractivity contribution in [2.75, 3.05) is 53.7 Å². The molecule has 21 nitrogen and oxygen atoms in total. The molecule has 0 spiro atoms. The molecule has 78 heavy (non-hydrogen) atoms. The molecule has 0 fully saturated rings. The van der Waals surface area contributed by atoms with Crippen LogP contribution in [-0.2, 0) is 51.2 Å². The average Bonchev–Trinajstić information content (AvgIpc) is 4.22. The fraction of sp³-hybridized carbons (Fsp3) is 0.345. The van der Waals surface area contributed by atoms with Crippen LogP contribution >= 0.6 is 19.4 Å². The molecule has 2 atom stereocenters. The Bertz CT molecular complexity index is 3200. The summed E-state index contributed by atoms with van der Waals surface area (Å²) in [5.41, 5.74) is 9.36. The Labute approximate surface area is 454 Å². The van der Waals surface area contributed by atoms with Crippen molar-refractivity contribution in [1.82, 2.24) is 20.9 Å². The van der Waals surface area contributed by atoms with Crippen molar-refractivity contribution in [2.45, 2.75) is 82.8 Å². The lowest BCUT2D eigenvalue weighted by Crippen LogP contribution is -2.47. The highest BCUT2D eigenvalue weighted by Gasteiger charge is 2.36. The van der Waals surface area contributed by atoms with Crippen LogP contribution in [0, 0.1) is 0 Å². The van der Waals surface area contributed by atoms with Gasteiger partial charge >= 0.3 is 13.9 Å². The second kappa shape index (κ2) is 25.5. The van der Waals surface area contributed by atoms with E-state index in [1.54, 1.807) is 58.3 Å². The van der Waals surface area contributed by atoms with Crippen LogP contribution in [0.15, 0.2) is 97.1 Å². The Hall–Kier alpha value is -7.84. The van der Waals surface area contributed by atoms with E-state index < -0.39 is 31.7 Å². The normalized spacial score (nSPS) is 15.1. The third-order valence-corrected chi connectivity index (χ3v) is 14.6. The number of benzene rings is 5. The van der Waals surface area contributed by atoms with Crippen LogP contribution in [-0.4, -0.2) is 107 Å². The number of carbonyl (C=O) groups excluding carboxylic acids is 8. The van der Waals surface area contributed by atoms with E-state index in [0.29, 0.717) is 72.2 Å². The third-order valence-electron chi connectivity index (χ3n) is 13.8. The first-order valence-electron chi connectivity index (χ1n) is 25.7. The van der Waals surface area contributed by atoms with Crippen molar-refractivity contribution < 1.29 is 62.0 Å². The van der Waals surface area contributed by atoms with Gasteiger partial charge in [-0.05, 0) is 78.1 Å². The molecule has 410 valence electrons. The van der Waals surface area contributed by atoms with Crippen molar-refractivity contribution in [3.05, 3.63) is 114 Å². The molecule has 0 saturated carbocycles. The summed E-state index contributed by atoms with van der Waals surface area (Å²) in [6, 6.07) is 23.3. The lowest BCUT2D eigenvalue weighted by Gasteiger charge is -2.21. The van der Waals surface area contributed by atoms with Crippen molar-refractivity contribution in [1.29, 1.82) is 0 Å². The van der Waals surface area contributed by atoms with Gasteiger partial charge in [0, 0.05) is 98.0 Å². The maximum absolute atomic E-state index is 13.9. The van der Waals surface area contributed by atoms with Gasteiger partial charge in [-0.3, -0.25) is 48.2 Å². The summed E-state index contributed by atoms with van der Waals surface area (Å²) in [6.07, 6.45) is 5.55. The van der Waals surface area contributed by atoms with Gasteiger partial charge in [-0.2, -0.15) is 0 Å². The van der Waals surface area contributed by atoms with Crippen molar-refractivity contribution in [3.8, 4) is 11.5 Å². The SMILES string of the molecule is NC(=O)NCCC[C@H](NC(=O)CNC(=O)CCCCCN1C(=O)C=CC1=O)C(=O)Nc1ccc(COc2cc3c(c4ccccc24)CCN3C(=O)CCCC(=O)N2C[C@@H](CCl)c3c2cc(OP(=O)(O)O)c2ccccc32)cc1. The molecule has 0 unspecified atom stereocenters. The van der Waals surface area contributed by atoms with E-state index in [4.69, 9.17) is 26.6 Å². The molecule has 0 bridgehead atoms. The number of alkyl halides is 1. The standard InChI is InChI=1S/C55H60ClN8O13P/c56-30-35-32-64(44-29-46(77-78(73,74)75)40-12-5-6-13-41(40)53(35)44)50(68)17-8-16-49(67)62-27-24-38-37-10-3-4-11-39(37)45(28-43(38)62)76-33-34-18-20-36(21-19-34)60-54(71)42(14-9-25-58-55(57)72)61-48(66)31-59-47(65)15-2-1-7-26-63-51(69)22-23-52(63)70/h3-6,10-13,18-23,28-29,35,42H,1-2,7-9,14-17,24-27,30-33H2,(H,59,65)(H,60,71)(H,61,66)(H3,57,58,72)(H2,73,74,75)/t35-,42+/m1/s1. The molecular weight excluding hydrogens is 1050 g/mol. The smallest absolute Gasteiger partial charge is 0.488 e. The van der Waals surface area contributed by atoms with Gasteiger partial charge < -0.3 is 46.1 Å². The van der Waals surface area contributed by atoms with Gasteiger partial charge in [0.05, 0.1) is 17.9 Å². The molecule has 0 saturated heterocycles. The van der Waals surface area contributed by atoms with Crippen LogP contribution in [0.4, 0.5) is 21.9 Å². The number of nitrogens with zero attached hydrogens (tertiary/aromatic N) is 3. The average molecular weight is 1110 g/mol. The third kappa shape index (κ3) is 14.0. The Morgan fingerprint density at radius 3 is 2.08 bits per heavy atom. The molecule has 23 heteroatoms. The second-order valence-corrected chi connectivity index (χ2v) is 20.6. The van der Waals surface area contributed by atoms with Crippen molar-refractivity contribution in [2.24, 2.45) is 5.73 Å². The molecule has 9 amide bonds. The molecule has 8 rings (SSSR count). The minimum atomic E-state index is -4.93. The molecular formula is C55H60ClN8O13P. The number of rotatable bonds is 25. The molecule has 0 radical (unpaired) electrons. The number of carbonyl (C=O) groups is 8. The Kier molecular flexibility index (Phi) is 18.5. The Morgan fingerprint density at radius 1 is 0.744 bits per heavy atom. The Balaban J connectivity index is 0.846. The topological polar surface area (TPSA) is 296 Å². The van der Waals surface area contributed by atoms with Gasteiger partial charge in [-0.15, -0.1) is 11.6 Å². The van der Waals surface area contributed by atoms with E-state index in [1.165, 1.54) is 18.2 Å². The summed E-state index contributed by atoms with van der Waals surface area (Å²) in [5, 5.41) is 13.5. The molecule has 0 aromatic heterocycles. The number of hydrogen-bond acceptors (Lipinski definition) is 11. The quantitative estimate of drug-likeness (QED) is 0.0154. The number of primary amides is 1. The van der Waals surface area contributed by atoms with Gasteiger partial charge in [0.15, 0.2) is 0 Å². The summed E-state index contributed by atoms with van der Waals surface area (Å²) in [7, 11) is -4.93. The molecule has 5 aromatic rings. The number of phosphoric acid groups is 1.